The van der Waals surface area contributed by atoms with Crippen molar-refractivity contribution in [2.24, 2.45) is 0 Å². The van der Waals surface area contributed by atoms with Gasteiger partial charge in [0.05, 0.1) is 24.1 Å². The van der Waals surface area contributed by atoms with Crippen LogP contribution >= 0.6 is 11.3 Å². The molecule has 208 valence electrons. The molecule has 12 heteroatoms. The van der Waals surface area contributed by atoms with E-state index in [1.165, 1.54) is 11.3 Å². The van der Waals surface area contributed by atoms with Gasteiger partial charge >= 0.3 is 11.9 Å². The summed E-state index contributed by atoms with van der Waals surface area (Å²) in [6.07, 6.45) is 2.03. The molecule has 11 nitrogen and oxygen atoms in total. The number of nitrogens with zero attached hydrogens (tertiary/aromatic N) is 4. The van der Waals surface area contributed by atoms with Crippen molar-refractivity contribution in [1.82, 2.24) is 20.3 Å². The second-order valence-electron chi connectivity index (χ2n) is 10.8. The molecule has 0 amide bonds. The standard InChI is InChI=1S/C26H38N6O5S/c1-6-36-21(34)20-16(2)28-24(38-20)31-23-29-18(15-19(30-23)32-13-7-17(33)8-14-32)26(9-11-27-12-10-26)22(35)37-25(3,4)5/h15,17,27,33H,6-14H2,1-5H3,(H,28,29,30,31). The zero-order valence-corrected chi connectivity index (χ0v) is 23.6. The molecule has 0 spiro atoms. The van der Waals surface area contributed by atoms with Crippen LogP contribution in [0.2, 0.25) is 0 Å². The van der Waals surface area contributed by atoms with Crippen LogP contribution in [0.4, 0.5) is 16.9 Å². The maximum Gasteiger partial charge on any atom is 0.350 e. The quantitative estimate of drug-likeness (QED) is 0.442. The fourth-order valence-electron chi connectivity index (χ4n) is 4.72. The highest BCUT2D eigenvalue weighted by Crippen LogP contribution is 2.38. The lowest BCUT2D eigenvalue weighted by Gasteiger charge is -2.38. The topological polar surface area (TPSA) is 139 Å². The van der Waals surface area contributed by atoms with E-state index in [9.17, 15) is 14.7 Å². The van der Waals surface area contributed by atoms with Crippen LogP contribution in [0.5, 0.6) is 0 Å². The highest BCUT2D eigenvalue weighted by atomic mass is 32.1. The number of aromatic nitrogens is 3. The number of hydrogen-bond donors (Lipinski definition) is 3. The third kappa shape index (κ3) is 6.41. The summed E-state index contributed by atoms with van der Waals surface area (Å²) in [7, 11) is 0. The molecule has 2 aliphatic rings. The maximum absolute atomic E-state index is 13.7. The highest BCUT2D eigenvalue weighted by Gasteiger charge is 2.46. The Labute approximate surface area is 227 Å². The molecule has 2 fully saturated rings. The molecule has 2 aromatic heterocycles. The second kappa shape index (κ2) is 11.5. The van der Waals surface area contributed by atoms with Crippen molar-refractivity contribution in [3.05, 3.63) is 22.3 Å². The lowest BCUT2D eigenvalue weighted by atomic mass is 9.75. The summed E-state index contributed by atoms with van der Waals surface area (Å²) in [4.78, 5) is 42.6. The van der Waals surface area contributed by atoms with Gasteiger partial charge in [0.1, 0.15) is 21.7 Å². The Balaban J connectivity index is 1.75. The van der Waals surface area contributed by atoms with Crippen molar-refractivity contribution < 1.29 is 24.2 Å². The van der Waals surface area contributed by atoms with E-state index in [0.717, 1.165) is 0 Å². The number of carbonyl (C=O) groups excluding carboxylic acids is 2. The Bertz CT molecular complexity index is 1150. The number of nitrogens with one attached hydrogen (secondary N) is 2. The SMILES string of the molecule is CCOC(=O)c1sc(Nc2nc(N3CCC(O)CC3)cc(C3(C(=O)OC(C)(C)C)CCNCC3)n2)nc1C. The average molecular weight is 547 g/mol. The van der Waals surface area contributed by atoms with Crippen molar-refractivity contribution in [3.63, 3.8) is 0 Å². The molecule has 0 aliphatic carbocycles. The van der Waals surface area contributed by atoms with Crippen molar-refractivity contribution in [2.75, 3.05) is 43.0 Å². The Hall–Kier alpha value is -2.83. The van der Waals surface area contributed by atoms with Crippen LogP contribution in [0.25, 0.3) is 0 Å². The number of carbonyl (C=O) groups is 2. The summed E-state index contributed by atoms with van der Waals surface area (Å²) in [6.45, 7) is 12.0. The molecule has 4 heterocycles. The van der Waals surface area contributed by atoms with Gasteiger partial charge in [0, 0.05) is 19.2 Å². The third-order valence-corrected chi connectivity index (χ3v) is 7.77. The minimum Gasteiger partial charge on any atom is -0.462 e. The van der Waals surface area contributed by atoms with E-state index in [1.54, 1.807) is 13.8 Å². The molecule has 2 saturated heterocycles. The first kappa shape index (κ1) is 28.2. The molecule has 4 rings (SSSR count). The van der Waals surface area contributed by atoms with Gasteiger partial charge in [0.2, 0.25) is 5.95 Å². The number of aliphatic hydroxyl groups is 1. The van der Waals surface area contributed by atoms with Gasteiger partial charge in [-0.15, -0.1) is 0 Å². The van der Waals surface area contributed by atoms with Gasteiger partial charge in [-0.1, -0.05) is 11.3 Å². The first-order chi connectivity index (χ1) is 18.0. The Morgan fingerprint density at radius 2 is 1.89 bits per heavy atom. The summed E-state index contributed by atoms with van der Waals surface area (Å²) < 4.78 is 11.1. The Morgan fingerprint density at radius 3 is 2.53 bits per heavy atom. The first-order valence-corrected chi connectivity index (χ1v) is 14.0. The number of hydrogen-bond acceptors (Lipinski definition) is 12. The lowest BCUT2D eigenvalue weighted by molar-refractivity contribution is -0.163. The predicted octanol–water partition coefficient (Wildman–Crippen LogP) is 3.09. The minimum atomic E-state index is -0.934. The summed E-state index contributed by atoms with van der Waals surface area (Å²) in [6, 6.07) is 1.88. The monoisotopic (exact) mass is 546 g/mol. The van der Waals surface area contributed by atoms with Crippen LogP contribution in [0.3, 0.4) is 0 Å². The number of anilines is 3. The summed E-state index contributed by atoms with van der Waals surface area (Å²) in [5, 5.41) is 17.0. The third-order valence-electron chi connectivity index (χ3n) is 6.71. The number of rotatable bonds is 7. The van der Waals surface area contributed by atoms with Gasteiger partial charge in [-0.25, -0.2) is 14.8 Å². The van der Waals surface area contributed by atoms with Crippen LogP contribution in [0, 0.1) is 6.92 Å². The average Bonchev–Trinajstić information content (AvgIpc) is 3.23. The number of piperidine rings is 2. The summed E-state index contributed by atoms with van der Waals surface area (Å²) >= 11 is 1.17. The van der Waals surface area contributed by atoms with Crippen molar-refractivity contribution in [3.8, 4) is 0 Å². The number of ether oxygens (including phenoxy) is 2. The molecule has 0 aromatic carbocycles. The van der Waals surface area contributed by atoms with E-state index in [2.05, 4.69) is 20.5 Å². The highest BCUT2D eigenvalue weighted by molar-refractivity contribution is 7.17. The zero-order valence-electron chi connectivity index (χ0n) is 22.8. The van der Waals surface area contributed by atoms with Crippen LogP contribution in [0.1, 0.15) is 74.4 Å². The van der Waals surface area contributed by atoms with Crippen molar-refractivity contribution in [2.45, 2.75) is 77.4 Å². The number of esters is 2. The fraction of sp³-hybridized carbons (Fsp3) is 0.654. The maximum atomic E-state index is 13.7. The summed E-state index contributed by atoms with van der Waals surface area (Å²) in [5.74, 6) is 0.237. The lowest BCUT2D eigenvalue weighted by Crippen LogP contribution is -2.49. The molecule has 0 bridgehead atoms. The van der Waals surface area contributed by atoms with Crippen molar-refractivity contribution in [1.29, 1.82) is 0 Å². The van der Waals surface area contributed by atoms with Crippen LogP contribution in [0.15, 0.2) is 6.07 Å². The van der Waals surface area contributed by atoms with Crippen LogP contribution in [-0.2, 0) is 19.7 Å². The van der Waals surface area contributed by atoms with E-state index in [4.69, 9.17) is 19.4 Å². The van der Waals surface area contributed by atoms with Crippen LogP contribution in [-0.4, -0.2) is 76.5 Å². The molecule has 0 saturated carbocycles. The minimum absolute atomic E-state index is 0.277. The number of aryl methyl sites for hydroxylation is 1. The molecule has 0 unspecified atom stereocenters. The Kier molecular flexibility index (Phi) is 8.53. The molecule has 3 N–H and O–H groups in total. The van der Waals surface area contributed by atoms with E-state index in [-0.39, 0.29) is 24.6 Å². The summed E-state index contributed by atoms with van der Waals surface area (Å²) in [5.41, 5.74) is -0.431. The van der Waals surface area contributed by atoms with Gasteiger partial charge in [-0.3, -0.25) is 10.1 Å². The number of aliphatic hydroxyl groups excluding tert-OH is 1. The van der Waals surface area contributed by atoms with Gasteiger partial charge < -0.3 is 24.8 Å². The van der Waals surface area contributed by atoms with Gasteiger partial charge in [0.25, 0.3) is 0 Å². The molecule has 0 radical (unpaired) electrons. The Morgan fingerprint density at radius 1 is 1.21 bits per heavy atom. The molecule has 38 heavy (non-hydrogen) atoms. The van der Waals surface area contributed by atoms with E-state index < -0.39 is 17.0 Å². The van der Waals surface area contributed by atoms with Gasteiger partial charge in [-0.05, 0) is 73.4 Å². The fourth-order valence-corrected chi connectivity index (χ4v) is 5.57. The predicted molar refractivity (Wildman–Crippen MR) is 145 cm³/mol. The largest absolute Gasteiger partial charge is 0.462 e. The van der Waals surface area contributed by atoms with E-state index in [1.807, 2.05) is 26.8 Å². The van der Waals surface area contributed by atoms with E-state index >= 15 is 0 Å². The smallest absolute Gasteiger partial charge is 0.350 e. The van der Waals surface area contributed by atoms with E-state index in [0.29, 0.717) is 79.1 Å². The molecular formula is C26H38N6O5S. The van der Waals surface area contributed by atoms with Crippen molar-refractivity contribution >= 4 is 40.2 Å². The first-order valence-electron chi connectivity index (χ1n) is 13.2. The zero-order chi connectivity index (χ0) is 27.5. The second-order valence-corrected chi connectivity index (χ2v) is 11.8. The van der Waals surface area contributed by atoms with Crippen LogP contribution < -0.4 is 15.5 Å². The van der Waals surface area contributed by atoms with Gasteiger partial charge in [0.15, 0.2) is 5.13 Å². The normalized spacial score (nSPS) is 18.2. The molecule has 2 aliphatic heterocycles. The molecular weight excluding hydrogens is 508 g/mol. The molecule has 0 atom stereocenters. The van der Waals surface area contributed by atoms with Gasteiger partial charge in [-0.2, -0.15) is 4.98 Å². The number of thiazole rings is 1. The molecule has 2 aromatic rings.